The summed E-state index contributed by atoms with van der Waals surface area (Å²) in [5, 5.41) is 0. The van der Waals surface area contributed by atoms with E-state index >= 15 is 0 Å². The Hall–Kier alpha value is -2.49. The fraction of sp³-hybridized carbons (Fsp3) is 0.278. The van der Waals surface area contributed by atoms with E-state index in [1.165, 1.54) is 0 Å². The molecular formula is C18H21NO3. The van der Waals surface area contributed by atoms with Crippen molar-refractivity contribution < 1.29 is 14.4 Å². The van der Waals surface area contributed by atoms with Gasteiger partial charge in [0.2, 0.25) is 0 Å². The third-order valence-electron chi connectivity index (χ3n) is 3.07. The number of hydrogen-bond donors (Lipinski definition) is 1. The van der Waals surface area contributed by atoms with E-state index in [0.29, 0.717) is 18.1 Å². The van der Waals surface area contributed by atoms with Crippen molar-refractivity contribution in [3.63, 3.8) is 0 Å². The molecule has 1 amide bonds. The molecule has 116 valence electrons. The second kappa shape index (κ2) is 7.50. The van der Waals surface area contributed by atoms with Gasteiger partial charge in [-0.3, -0.25) is 4.79 Å². The van der Waals surface area contributed by atoms with Crippen molar-refractivity contribution in [3.8, 4) is 11.5 Å². The third-order valence-corrected chi connectivity index (χ3v) is 3.07. The number of carbonyl (C=O) groups is 1. The first-order valence-corrected chi connectivity index (χ1v) is 7.29. The number of hydroxylamine groups is 1. The van der Waals surface area contributed by atoms with Crippen LogP contribution < -0.4 is 15.1 Å². The minimum Gasteiger partial charge on any atom is -0.489 e. The molecule has 1 N–H and O–H groups in total. The van der Waals surface area contributed by atoms with Crippen LogP contribution in [0.4, 0.5) is 0 Å². The van der Waals surface area contributed by atoms with Gasteiger partial charge in [-0.1, -0.05) is 44.2 Å². The van der Waals surface area contributed by atoms with E-state index in [2.05, 4.69) is 5.48 Å². The lowest BCUT2D eigenvalue weighted by atomic mass is 10.2. The molecule has 0 spiro atoms. The topological polar surface area (TPSA) is 47.6 Å². The predicted molar refractivity (Wildman–Crippen MR) is 85.6 cm³/mol. The summed E-state index contributed by atoms with van der Waals surface area (Å²) in [6.07, 6.45) is 0. The van der Waals surface area contributed by atoms with Crippen molar-refractivity contribution in [2.24, 2.45) is 5.92 Å². The van der Waals surface area contributed by atoms with Gasteiger partial charge in [-0.05, 0) is 30.2 Å². The molecule has 0 unspecified atom stereocenters. The van der Waals surface area contributed by atoms with Crippen LogP contribution in [0.15, 0.2) is 48.5 Å². The number of rotatable bonds is 6. The molecule has 2 rings (SSSR count). The zero-order valence-electron chi connectivity index (χ0n) is 13.1. The number of nitrogens with one attached hydrogen (secondary N) is 1. The van der Waals surface area contributed by atoms with Gasteiger partial charge >= 0.3 is 0 Å². The summed E-state index contributed by atoms with van der Waals surface area (Å²) >= 11 is 0. The summed E-state index contributed by atoms with van der Waals surface area (Å²) in [6, 6.07) is 15.5. The van der Waals surface area contributed by atoms with Crippen molar-refractivity contribution in [1.29, 1.82) is 0 Å². The Labute approximate surface area is 131 Å². The summed E-state index contributed by atoms with van der Waals surface area (Å²) in [4.78, 5) is 16.9. The number of aryl methyl sites for hydroxylation is 1. The highest BCUT2D eigenvalue weighted by Gasteiger charge is 2.08. The van der Waals surface area contributed by atoms with Crippen LogP contribution >= 0.6 is 0 Å². The summed E-state index contributed by atoms with van der Waals surface area (Å²) in [5.74, 6) is 0.974. The Balaban J connectivity index is 1.99. The van der Waals surface area contributed by atoms with E-state index in [1.807, 2.05) is 63.2 Å². The second-order valence-electron chi connectivity index (χ2n) is 5.48. The van der Waals surface area contributed by atoms with Crippen LogP contribution in [0.25, 0.3) is 0 Å². The summed E-state index contributed by atoms with van der Waals surface area (Å²) in [5.41, 5.74) is 4.53. The molecule has 0 aliphatic heterocycles. The Morgan fingerprint density at radius 3 is 2.45 bits per heavy atom. The maximum absolute atomic E-state index is 11.5. The molecule has 0 fully saturated rings. The lowest BCUT2D eigenvalue weighted by molar-refractivity contribution is -0.130. The average molecular weight is 299 g/mol. The number of amides is 1. The van der Waals surface area contributed by atoms with Gasteiger partial charge in [-0.15, -0.1) is 0 Å². The van der Waals surface area contributed by atoms with Crippen molar-refractivity contribution in [1.82, 2.24) is 5.48 Å². The molecule has 0 heterocycles. The number of carbonyl (C=O) groups excluding carboxylic acids is 1. The first-order chi connectivity index (χ1) is 10.5. The van der Waals surface area contributed by atoms with E-state index in [4.69, 9.17) is 9.57 Å². The second-order valence-corrected chi connectivity index (χ2v) is 5.48. The predicted octanol–water partition coefficient (Wildman–Crippen LogP) is 3.64. The highest BCUT2D eigenvalue weighted by Crippen LogP contribution is 2.23. The third kappa shape index (κ3) is 4.81. The van der Waals surface area contributed by atoms with Gasteiger partial charge < -0.3 is 9.57 Å². The van der Waals surface area contributed by atoms with Crippen molar-refractivity contribution in [2.75, 3.05) is 0 Å². The molecule has 0 radical (unpaired) electrons. The standard InChI is InChI=1S/C18H21NO3/c1-13(2)18(20)19-22-17-10-14(3)9-16(11-17)21-12-15-7-5-4-6-8-15/h4-11,13H,12H2,1-3H3,(H,19,20). The summed E-state index contributed by atoms with van der Waals surface area (Å²) in [7, 11) is 0. The Morgan fingerprint density at radius 2 is 1.77 bits per heavy atom. The average Bonchev–Trinajstić information content (AvgIpc) is 2.51. The molecule has 0 saturated heterocycles. The maximum Gasteiger partial charge on any atom is 0.255 e. The maximum atomic E-state index is 11.5. The molecule has 0 bridgehead atoms. The highest BCUT2D eigenvalue weighted by molar-refractivity contribution is 5.76. The molecule has 0 aliphatic rings. The number of ether oxygens (including phenoxy) is 1. The molecule has 4 nitrogen and oxygen atoms in total. The van der Waals surface area contributed by atoms with E-state index in [0.717, 1.165) is 11.1 Å². The lowest BCUT2D eigenvalue weighted by Gasteiger charge is -2.12. The Kier molecular flexibility index (Phi) is 5.42. The van der Waals surface area contributed by atoms with E-state index in [1.54, 1.807) is 6.07 Å². The minimum atomic E-state index is -0.159. The SMILES string of the molecule is Cc1cc(OCc2ccccc2)cc(ONC(=O)C(C)C)c1. The summed E-state index contributed by atoms with van der Waals surface area (Å²) < 4.78 is 5.78. The van der Waals surface area contributed by atoms with E-state index in [-0.39, 0.29) is 11.8 Å². The minimum absolute atomic E-state index is 0.126. The van der Waals surface area contributed by atoms with Crippen LogP contribution in [0, 0.1) is 12.8 Å². The van der Waals surface area contributed by atoms with Gasteiger partial charge in [0.25, 0.3) is 5.91 Å². The summed E-state index contributed by atoms with van der Waals surface area (Å²) in [6.45, 7) is 6.06. The molecule has 2 aromatic rings. The van der Waals surface area contributed by atoms with E-state index in [9.17, 15) is 4.79 Å². The van der Waals surface area contributed by atoms with Crippen LogP contribution in [-0.4, -0.2) is 5.91 Å². The highest BCUT2D eigenvalue weighted by atomic mass is 16.7. The number of benzene rings is 2. The van der Waals surface area contributed by atoms with Crippen LogP contribution in [-0.2, 0) is 11.4 Å². The zero-order valence-corrected chi connectivity index (χ0v) is 13.1. The first-order valence-electron chi connectivity index (χ1n) is 7.29. The van der Waals surface area contributed by atoms with Gasteiger partial charge in [0.05, 0.1) is 0 Å². The zero-order chi connectivity index (χ0) is 15.9. The molecular weight excluding hydrogens is 278 g/mol. The Bertz CT molecular complexity index is 623. The van der Waals surface area contributed by atoms with Gasteiger partial charge in [-0.25, -0.2) is 0 Å². The molecule has 0 aromatic heterocycles. The van der Waals surface area contributed by atoms with Gasteiger partial charge in [0.15, 0.2) is 5.75 Å². The molecule has 2 aromatic carbocycles. The lowest BCUT2D eigenvalue weighted by Crippen LogP contribution is -2.30. The van der Waals surface area contributed by atoms with Gasteiger partial charge in [-0.2, -0.15) is 5.48 Å². The molecule has 0 aliphatic carbocycles. The van der Waals surface area contributed by atoms with Crippen LogP contribution in [0.3, 0.4) is 0 Å². The normalized spacial score (nSPS) is 10.4. The van der Waals surface area contributed by atoms with Crippen molar-refractivity contribution in [2.45, 2.75) is 27.4 Å². The van der Waals surface area contributed by atoms with Crippen LogP contribution in [0.1, 0.15) is 25.0 Å². The van der Waals surface area contributed by atoms with Gasteiger partial charge in [0.1, 0.15) is 12.4 Å². The van der Waals surface area contributed by atoms with Crippen molar-refractivity contribution in [3.05, 3.63) is 59.7 Å². The molecule has 0 saturated carbocycles. The van der Waals surface area contributed by atoms with E-state index < -0.39 is 0 Å². The molecule has 4 heteroatoms. The van der Waals surface area contributed by atoms with Crippen LogP contribution in [0.5, 0.6) is 11.5 Å². The Morgan fingerprint density at radius 1 is 1.09 bits per heavy atom. The number of hydrogen-bond acceptors (Lipinski definition) is 3. The molecule has 22 heavy (non-hydrogen) atoms. The van der Waals surface area contributed by atoms with Gasteiger partial charge in [0, 0.05) is 12.0 Å². The first kappa shape index (κ1) is 15.9. The smallest absolute Gasteiger partial charge is 0.255 e. The fourth-order valence-electron chi connectivity index (χ4n) is 1.82. The monoisotopic (exact) mass is 299 g/mol. The fourth-order valence-corrected chi connectivity index (χ4v) is 1.82. The largest absolute Gasteiger partial charge is 0.489 e. The quantitative estimate of drug-likeness (QED) is 0.828. The molecule has 0 atom stereocenters. The van der Waals surface area contributed by atoms with Crippen molar-refractivity contribution >= 4 is 5.91 Å². The van der Waals surface area contributed by atoms with Crippen LogP contribution in [0.2, 0.25) is 0 Å².